The molecule has 0 bridgehead atoms. The van der Waals surface area contributed by atoms with Gasteiger partial charge in [-0.15, -0.1) is 0 Å². The molecule has 2 aromatic rings. The minimum atomic E-state index is 0.595. The van der Waals surface area contributed by atoms with Crippen molar-refractivity contribution in [3.63, 3.8) is 0 Å². The van der Waals surface area contributed by atoms with E-state index in [2.05, 4.69) is 49.5 Å². The van der Waals surface area contributed by atoms with Gasteiger partial charge < -0.3 is 5.32 Å². The van der Waals surface area contributed by atoms with E-state index in [9.17, 15) is 0 Å². The number of nitrogens with one attached hydrogen (secondary N) is 1. The number of halogens is 1. The zero-order valence-electron chi connectivity index (χ0n) is 12.7. The SMILES string of the molecule is CCc1cccc(C)c1NC1CC(c2ccc(Cl)cc2)C1. The van der Waals surface area contributed by atoms with Crippen LogP contribution >= 0.6 is 11.6 Å². The van der Waals surface area contributed by atoms with E-state index in [1.165, 1.54) is 35.2 Å². The summed E-state index contributed by atoms with van der Waals surface area (Å²) in [4.78, 5) is 0. The maximum absolute atomic E-state index is 5.95. The molecule has 0 unspecified atom stereocenters. The lowest BCUT2D eigenvalue weighted by Crippen LogP contribution is -2.34. The highest BCUT2D eigenvalue weighted by molar-refractivity contribution is 6.30. The Balaban J connectivity index is 1.64. The van der Waals surface area contributed by atoms with Crippen molar-refractivity contribution in [2.75, 3.05) is 5.32 Å². The van der Waals surface area contributed by atoms with E-state index in [-0.39, 0.29) is 0 Å². The lowest BCUT2D eigenvalue weighted by Gasteiger charge is -2.37. The first-order chi connectivity index (χ1) is 10.2. The molecule has 2 heteroatoms. The maximum atomic E-state index is 5.95. The fourth-order valence-electron chi connectivity index (χ4n) is 3.18. The van der Waals surface area contributed by atoms with E-state index >= 15 is 0 Å². The predicted molar refractivity (Wildman–Crippen MR) is 91.4 cm³/mol. The van der Waals surface area contributed by atoms with Crippen LogP contribution < -0.4 is 5.32 Å². The van der Waals surface area contributed by atoms with Crippen LogP contribution in [0.4, 0.5) is 5.69 Å². The third-order valence-electron chi connectivity index (χ3n) is 4.57. The lowest BCUT2D eigenvalue weighted by molar-refractivity contribution is 0.374. The molecule has 2 aromatic carbocycles. The van der Waals surface area contributed by atoms with Gasteiger partial charge in [-0.1, -0.05) is 48.9 Å². The Hall–Kier alpha value is -1.47. The van der Waals surface area contributed by atoms with Crippen molar-refractivity contribution in [3.8, 4) is 0 Å². The number of anilines is 1. The normalized spacial score (nSPS) is 20.9. The van der Waals surface area contributed by atoms with Crippen molar-refractivity contribution in [1.82, 2.24) is 0 Å². The molecule has 1 aliphatic carbocycles. The zero-order chi connectivity index (χ0) is 14.8. The number of hydrogen-bond donors (Lipinski definition) is 1. The predicted octanol–water partition coefficient (Wildman–Crippen LogP) is 5.57. The summed E-state index contributed by atoms with van der Waals surface area (Å²) in [5.41, 5.74) is 5.53. The van der Waals surface area contributed by atoms with Gasteiger partial charge in [0.25, 0.3) is 0 Å². The van der Waals surface area contributed by atoms with Gasteiger partial charge in [0.2, 0.25) is 0 Å². The highest BCUT2D eigenvalue weighted by Gasteiger charge is 2.30. The number of hydrogen-bond acceptors (Lipinski definition) is 1. The van der Waals surface area contributed by atoms with Crippen LogP contribution in [-0.2, 0) is 6.42 Å². The Morgan fingerprint density at radius 2 is 1.81 bits per heavy atom. The van der Waals surface area contributed by atoms with Crippen LogP contribution in [0.25, 0.3) is 0 Å². The largest absolute Gasteiger partial charge is 0.382 e. The Morgan fingerprint density at radius 3 is 2.48 bits per heavy atom. The molecule has 0 heterocycles. The Bertz CT molecular complexity index is 612. The van der Waals surface area contributed by atoms with Gasteiger partial charge in [-0.3, -0.25) is 0 Å². The standard InChI is InChI=1S/C19H22ClN/c1-3-14-6-4-5-13(2)19(14)21-18-11-16(12-18)15-7-9-17(20)10-8-15/h4-10,16,18,21H,3,11-12H2,1-2H3. The van der Waals surface area contributed by atoms with Crippen LogP contribution in [0.2, 0.25) is 5.02 Å². The van der Waals surface area contributed by atoms with E-state index in [0.29, 0.717) is 12.0 Å². The van der Waals surface area contributed by atoms with E-state index in [1.807, 2.05) is 12.1 Å². The van der Waals surface area contributed by atoms with Crippen molar-refractivity contribution < 1.29 is 0 Å². The zero-order valence-corrected chi connectivity index (χ0v) is 13.5. The second kappa shape index (κ2) is 6.11. The molecule has 3 rings (SSSR count). The summed E-state index contributed by atoms with van der Waals surface area (Å²) in [7, 11) is 0. The van der Waals surface area contributed by atoms with Crippen LogP contribution in [-0.4, -0.2) is 6.04 Å². The first kappa shape index (κ1) is 14.5. The van der Waals surface area contributed by atoms with Gasteiger partial charge in [0.05, 0.1) is 0 Å². The molecule has 1 N–H and O–H groups in total. The van der Waals surface area contributed by atoms with Gasteiger partial charge in [-0.25, -0.2) is 0 Å². The van der Waals surface area contributed by atoms with Gasteiger partial charge in [0, 0.05) is 16.8 Å². The number of benzene rings is 2. The van der Waals surface area contributed by atoms with Gasteiger partial charge in [0.1, 0.15) is 0 Å². The fraction of sp³-hybridized carbons (Fsp3) is 0.368. The minimum absolute atomic E-state index is 0.595. The highest BCUT2D eigenvalue weighted by atomic mass is 35.5. The van der Waals surface area contributed by atoms with Crippen molar-refractivity contribution in [2.24, 2.45) is 0 Å². The molecule has 0 spiro atoms. The summed E-state index contributed by atoms with van der Waals surface area (Å²) >= 11 is 5.95. The molecular weight excluding hydrogens is 278 g/mol. The Labute approximate surface area is 132 Å². The summed E-state index contributed by atoms with van der Waals surface area (Å²) in [6, 6.07) is 15.5. The van der Waals surface area contributed by atoms with E-state index in [4.69, 9.17) is 11.6 Å². The first-order valence-corrected chi connectivity index (χ1v) is 8.15. The first-order valence-electron chi connectivity index (χ1n) is 7.78. The summed E-state index contributed by atoms with van der Waals surface area (Å²) < 4.78 is 0. The minimum Gasteiger partial charge on any atom is -0.382 e. The number of aryl methyl sites for hydroxylation is 2. The molecule has 0 aliphatic heterocycles. The van der Waals surface area contributed by atoms with Crippen LogP contribution in [0.1, 0.15) is 42.4 Å². The van der Waals surface area contributed by atoms with Crippen molar-refractivity contribution in [2.45, 2.75) is 45.1 Å². The molecular formula is C19H22ClN. The second-order valence-corrected chi connectivity index (χ2v) is 6.46. The molecule has 1 saturated carbocycles. The molecule has 0 amide bonds. The smallest absolute Gasteiger partial charge is 0.0406 e. The van der Waals surface area contributed by atoms with Gasteiger partial charge in [0.15, 0.2) is 0 Å². The van der Waals surface area contributed by atoms with Gasteiger partial charge in [-0.2, -0.15) is 0 Å². The third-order valence-corrected chi connectivity index (χ3v) is 4.82. The third kappa shape index (κ3) is 3.08. The summed E-state index contributed by atoms with van der Waals surface area (Å²) in [5, 5.41) is 4.57. The molecule has 0 radical (unpaired) electrons. The molecule has 1 nitrogen and oxygen atoms in total. The molecule has 0 aromatic heterocycles. The van der Waals surface area contributed by atoms with Crippen LogP contribution in [0.3, 0.4) is 0 Å². The van der Waals surface area contributed by atoms with Crippen molar-refractivity contribution >= 4 is 17.3 Å². The van der Waals surface area contributed by atoms with E-state index < -0.39 is 0 Å². The average molecular weight is 300 g/mol. The average Bonchev–Trinajstić information content (AvgIpc) is 2.45. The van der Waals surface area contributed by atoms with Crippen LogP contribution in [0.5, 0.6) is 0 Å². The van der Waals surface area contributed by atoms with Crippen LogP contribution in [0.15, 0.2) is 42.5 Å². The molecule has 0 saturated heterocycles. The Kier molecular flexibility index (Phi) is 4.21. The van der Waals surface area contributed by atoms with Crippen molar-refractivity contribution in [1.29, 1.82) is 0 Å². The number of rotatable bonds is 4. The maximum Gasteiger partial charge on any atom is 0.0406 e. The van der Waals surface area contributed by atoms with Crippen molar-refractivity contribution in [3.05, 3.63) is 64.2 Å². The molecule has 21 heavy (non-hydrogen) atoms. The molecule has 1 fully saturated rings. The van der Waals surface area contributed by atoms with E-state index in [1.54, 1.807) is 0 Å². The van der Waals surface area contributed by atoms with Crippen LogP contribution in [0, 0.1) is 6.92 Å². The topological polar surface area (TPSA) is 12.0 Å². The summed E-state index contributed by atoms with van der Waals surface area (Å²) in [6.07, 6.45) is 3.50. The number of para-hydroxylation sites is 1. The van der Waals surface area contributed by atoms with Gasteiger partial charge in [-0.05, 0) is 60.9 Å². The molecule has 1 aliphatic rings. The van der Waals surface area contributed by atoms with E-state index in [0.717, 1.165) is 11.4 Å². The lowest BCUT2D eigenvalue weighted by atomic mass is 9.75. The summed E-state index contributed by atoms with van der Waals surface area (Å²) in [6.45, 7) is 4.41. The second-order valence-electron chi connectivity index (χ2n) is 6.02. The quantitative estimate of drug-likeness (QED) is 0.778. The molecule has 0 atom stereocenters. The Morgan fingerprint density at radius 1 is 1.10 bits per heavy atom. The highest BCUT2D eigenvalue weighted by Crippen LogP contribution is 2.39. The fourth-order valence-corrected chi connectivity index (χ4v) is 3.30. The summed E-state index contributed by atoms with van der Waals surface area (Å²) in [5.74, 6) is 0.675. The molecule has 110 valence electrons. The van der Waals surface area contributed by atoms with Gasteiger partial charge >= 0.3 is 0 Å². The monoisotopic (exact) mass is 299 g/mol.